The fourth-order valence-electron chi connectivity index (χ4n) is 3.80. The lowest BCUT2D eigenvalue weighted by Crippen LogP contribution is -2.41. The van der Waals surface area contributed by atoms with E-state index in [4.69, 9.17) is 0 Å². The molecule has 1 atom stereocenters. The second kappa shape index (κ2) is 7.26. The van der Waals surface area contributed by atoms with Crippen LogP contribution >= 0.6 is 0 Å². The van der Waals surface area contributed by atoms with Crippen LogP contribution in [0.1, 0.15) is 53.1 Å². The fraction of sp³-hybridized carbons (Fsp3) is 0.409. The highest BCUT2D eigenvalue weighted by Crippen LogP contribution is 2.29. The maximum Gasteiger partial charge on any atom is 0.325 e. The molecular formula is C22H27N3O3. The van der Waals surface area contributed by atoms with E-state index in [0.717, 1.165) is 34.8 Å². The third-order valence-corrected chi connectivity index (χ3v) is 5.53. The molecule has 0 aliphatic carbocycles. The number of nitrogens with zero attached hydrogens (tertiary/aromatic N) is 2. The van der Waals surface area contributed by atoms with Gasteiger partial charge in [0.2, 0.25) is 0 Å². The van der Waals surface area contributed by atoms with Crippen molar-refractivity contribution in [1.29, 1.82) is 0 Å². The zero-order valence-corrected chi connectivity index (χ0v) is 17.1. The summed E-state index contributed by atoms with van der Waals surface area (Å²) in [4.78, 5) is 39.4. The molecule has 1 N–H and O–H groups in total. The van der Waals surface area contributed by atoms with Gasteiger partial charge in [-0.25, -0.2) is 4.79 Å². The van der Waals surface area contributed by atoms with Crippen molar-refractivity contribution in [2.45, 2.75) is 53.1 Å². The normalized spacial score (nSPS) is 19.2. The van der Waals surface area contributed by atoms with E-state index in [1.165, 1.54) is 0 Å². The predicted octanol–water partition coefficient (Wildman–Crippen LogP) is 3.47. The number of urea groups is 1. The van der Waals surface area contributed by atoms with Crippen molar-refractivity contribution in [3.05, 3.63) is 58.4 Å². The third kappa shape index (κ3) is 3.23. The fourth-order valence-corrected chi connectivity index (χ4v) is 3.80. The van der Waals surface area contributed by atoms with E-state index in [1.807, 2.05) is 51.1 Å². The molecule has 1 aromatic carbocycles. The van der Waals surface area contributed by atoms with Crippen molar-refractivity contribution in [3.8, 4) is 0 Å². The molecule has 1 aliphatic heterocycles. The molecule has 1 aromatic heterocycles. The van der Waals surface area contributed by atoms with Gasteiger partial charge in [0.15, 0.2) is 5.78 Å². The molecule has 1 aliphatic rings. The van der Waals surface area contributed by atoms with E-state index < -0.39 is 17.5 Å². The molecular weight excluding hydrogens is 354 g/mol. The molecule has 28 heavy (non-hydrogen) atoms. The number of carbonyl (C=O) groups excluding carboxylic acids is 3. The van der Waals surface area contributed by atoms with Crippen LogP contribution < -0.4 is 5.32 Å². The summed E-state index contributed by atoms with van der Waals surface area (Å²) in [5.74, 6) is -0.635. The summed E-state index contributed by atoms with van der Waals surface area (Å²) in [6, 6.07) is 8.76. The highest BCUT2D eigenvalue weighted by atomic mass is 16.2. The first kappa shape index (κ1) is 19.9. The summed E-state index contributed by atoms with van der Waals surface area (Å²) in [6.07, 6.45) is 0.964. The smallest absolute Gasteiger partial charge is 0.325 e. The molecule has 3 rings (SSSR count). The number of Topliss-reactive ketones (excluding diaryl/α,β-unsaturated/α-hetero) is 1. The summed E-state index contributed by atoms with van der Waals surface area (Å²) in [7, 11) is 0. The number of aromatic nitrogens is 1. The zero-order valence-electron chi connectivity index (χ0n) is 17.1. The lowest BCUT2D eigenvalue weighted by atomic mass is 9.91. The number of hydrogen-bond acceptors (Lipinski definition) is 3. The Labute approximate surface area is 165 Å². The molecule has 0 radical (unpaired) electrons. The first-order chi connectivity index (χ1) is 13.2. The van der Waals surface area contributed by atoms with Crippen LogP contribution in [0.15, 0.2) is 30.3 Å². The standard InChI is InChI=1S/C22H27N3O3/c1-6-11-24-15(3)12-18(16(24)4)19(26)13-25-20(27)22(5,23-21(25)28)17-9-7-14(2)8-10-17/h7-10,12H,6,11,13H2,1-5H3,(H,23,28)/t22-/m0/s1. The number of ketones is 1. The third-order valence-electron chi connectivity index (χ3n) is 5.53. The molecule has 0 spiro atoms. The van der Waals surface area contributed by atoms with Crippen LogP contribution in [0.3, 0.4) is 0 Å². The molecule has 6 heteroatoms. The number of carbonyl (C=O) groups is 3. The van der Waals surface area contributed by atoms with Crippen molar-refractivity contribution < 1.29 is 14.4 Å². The maximum atomic E-state index is 13.0. The van der Waals surface area contributed by atoms with Gasteiger partial charge in [-0.15, -0.1) is 0 Å². The summed E-state index contributed by atoms with van der Waals surface area (Å²) >= 11 is 0. The van der Waals surface area contributed by atoms with Gasteiger partial charge >= 0.3 is 6.03 Å². The zero-order chi connectivity index (χ0) is 20.6. The molecule has 0 unspecified atom stereocenters. The molecule has 3 amide bonds. The lowest BCUT2D eigenvalue weighted by Gasteiger charge is -2.22. The summed E-state index contributed by atoms with van der Waals surface area (Å²) < 4.78 is 2.09. The molecule has 2 aromatic rings. The van der Waals surface area contributed by atoms with Crippen molar-refractivity contribution in [2.75, 3.05) is 6.54 Å². The molecule has 1 saturated heterocycles. The second-order valence-corrected chi connectivity index (χ2v) is 7.67. The van der Waals surface area contributed by atoms with Crippen LogP contribution in [0.5, 0.6) is 0 Å². The van der Waals surface area contributed by atoms with Crippen molar-refractivity contribution >= 4 is 17.7 Å². The van der Waals surface area contributed by atoms with Gasteiger partial charge in [-0.1, -0.05) is 36.8 Å². The van der Waals surface area contributed by atoms with Gasteiger partial charge in [0, 0.05) is 23.5 Å². The molecule has 2 heterocycles. The quantitative estimate of drug-likeness (QED) is 0.615. The first-order valence-electron chi connectivity index (χ1n) is 9.60. The van der Waals surface area contributed by atoms with Gasteiger partial charge in [-0.2, -0.15) is 0 Å². The predicted molar refractivity (Wildman–Crippen MR) is 107 cm³/mol. The second-order valence-electron chi connectivity index (χ2n) is 7.67. The molecule has 1 fully saturated rings. The lowest BCUT2D eigenvalue weighted by molar-refractivity contribution is -0.130. The van der Waals surface area contributed by atoms with E-state index in [-0.39, 0.29) is 12.3 Å². The Balaban J connectivity index is 1.84. The summed E-state index contributed by atoms with van der Waals surface area (Å²) in [6.45, 7) is 10.2. The first-order valence-corrected chi connectivity index (χ1v) is 9.60. The number of hydrogen-bond donors (Lipinski definition) is 1. The number of amides is 3. The van der Waals surface area contributed by atoms with Crippen LogP contribution in [-0.4, -0.2) is 33.7 Å². The van der Waals surface area contributed by atoms with E-state index in [1.54, 1.807) is 6.92 Å². The van der Waals surface area contributed by atoms with E-state index in [0.29, 0.717) is 11.1 Å². The van der Waals surface area contributed by atoms with Gasteiger partial charge in [0.05, 0.1) is 6.54 Å². The Morgan fingerprint density at radius 2 is 1.75 bits per heavy atom. The van der Waals surface area contributed by atoms with E-state index >= 15 is 0 Å². The van der Waals surface area contributed by atoms with Crippen LogP contribution in [0.2, 0.25) is 0 Å². The van der Waals surface area contributed by atoms with Gasteiger partial charge < -0.3 is 9.88 Å². The Morgan fingerprint density at radius 1 is 1.11 bits per heavy atom. The van der Waals surface area contributed by atoms with Gasteiger partial charge in [-0.05, 0) is 45.7 Å². The van der Waals surface area contributed by atoms with Gasteiger partial charge in [-0.3, -0.25) is 14.5 Å². The van der Waals surface area contributed by atoms with Crippen LogP contribution in [0, 0.1) is 20.8 Å². The summed E-state index contributed by atoms with van der Waals surface area (Å²) in [5, 5.41) is 2.75. The largest absolute Gasteiger partial charge is 0.348 e. The number of nitrogens with one attached hydrogen (secondary N) is 1. The van der Waals surface area contributed by atoms with Crippen molar-refractivity contribution in [1.82, 2.24) is 14.8 Å². The van der Waals surface area contributed by atoms with Crippen LogP contribution in [0.25, 0.3) is 0 Å². The Bertz CT molecular complexity index is 943. The minimum Gasteiger partial charge on any atom is -0.348 e. The van der Waals surface area contributed by atoms with Gasteiger partial charge in [0.25, 0.3) is 5.91 Å². The monoisotopic (exact) mass is 381 g/mol. The van der Waals surface area contributed by atoms with E-state index in [2.05, 4.69) is 16.8 Å². The topological polar surface area (TPSA) is 71.4 Å². The van der Waals surface area contributed by atoms with Gasteiger partial charge in [0.1, 0.15) is 5.54 Å². The highest BCUT2D eigenvalue weighted by Gasteiger charge is 2.49. The summed E-state index contributed by atoms with van der Waals surface area (Å²) in [5.41, 5.74) is 3.05. The van der Waals surface area contributed by atoms with Crippen LogP contribution in [0.4, 0.5) is 4.79 Å². The Hall–Kier alpha value is -2.89. The SMILES string of the molecule is CCCn1c(C)cc(C(=O)CN2C(=O)N[C@@](C)(c3ccc(C)cc3)C2=O)c1C. The Morgan fingerprint density at radius 3 is 2.36 bits per heavy atom. The number of benzene rings is 1. The molecule has 148 valence electrons. The average molecular weight is 381 g/mol. The number of imide groups is 1. The Kier molecular flexibility index (Phi) is 5.15. The minimum absolute atomic E-state index is 0.230. The van der Waals surface area contributed by atoms with Crippen LogP contribution in [-0.2, 0) is 16.9 Å². The molecule has 6 nitrogen and oxygen atoms in total. The average Bonchev–Trinajstić information content (AvgIpc) is 3.05. The van der Waals surface area contributed by atoms with Crippen molar-refractivity contribution in [2.24, 2.45) is 0 Å². The minimum atomic E-state index is -1.16. The highest BCUT2D eigenvalue weighted by molar-refractivity contribution is 6.11. The number of rotatable bonds is 6. The van der Waals surface area contributed by atoms with Crippen molar-refractivity contribution in [3.63, 3.8) is 0 Å². The number of aryl methyl sites for hydroxylation is 2. The molecule has 0 saturated carbocycles. The van der Waals surface area contributed by atoms with E-state index in [9.17, 15) is 14.4 Å². The maximum absolute atomic E-state index is 13.0. The molecule has 0 bridgehead atoms.